The Bertz CT molecular complexity index is 587. The van der Waals surface area contributed by atoms with Crippen LogP contribution in [0, 0.1) is 0 Å². The molecule has 112 valence electrons. The average Bonchev–Trinajstić information content (AvgIpc) is 2.26. The van der Waals surface area contributed by atoms with Gasteiger partial charge >= 0.3 is 5.97 Å². The van der Waals surface area contributed by atoms with E-state index in [1.54, 1.807) is 12.1 Å². The number of carboxylic acid groups (broad SMARTS) is 1. The highest BCUT2D eigenvalue weighted by atomic mass is 35.5. The molecule has 0 bridgehead atoms. The Labute approximate surface area is 123 Å². The van der Waals surface area contributed by atoms with E-state index in [0.717, 1.165) is 5.69 Å². The van der Waals surface area contributed by atoms with Crippen molar-refractivity contribution >= 4 is 39.0 Å². The second-order valence-corrected chi connectivity index (χ2v) is 6.73. The first-order valence-electron chi connectivity index (χ1n) is 5.90. The topological polar surface area (TPSA) is 86.7 Å². The van der Waals surface area contributed by atoms with Crippen LogP contribution in [0.15, 0.2) is 18.2 Å². The van der Waals surface area contributed by atoms with Gasteiger partial charge in [-0.1, -0.05) is 11.6 Å². The molecule has 0 saturated heterocycles. The number of carboxylic acids is 1. The quantitative estimate of drug-likeness (QED) is 0.802. The molecule has 0 radical (unpaired) electrons. The Morgan fingerprint density at radius 1 is 1.40 bits per heavy atom. The molecule has 0 fully saturated rings. The van der Waals surface area contributed by atoms with Crippen molar-refractivity contribution in [3.63, 3.8) is 0 Å². The van der Waals surface area contributed by atoms with Crippen LogP contribution in [-0.4, -0.2) is 39.3 Å². The highest BCUT2D eigenvalue weighted by molar-refractivity contribution is 7.92. The lowest BCUT2D eigenvalue weighted by Crippen LogP contribution is -2.17. The van der Waals surface area contributed by atoms with Crippen LogP contribution in [0.4, 0.5) is 11.4 Å². The van der Waals surface area contributed by atoms with E-state index in [9.17, 15) is 13.2 Å². The van der Waals surface area contributed by atoms with E-state index in [-0.39, 0.29) is 18.6 Å². The molecule has 0 aliphatic heterocycles. The molecular weight excluding hydrogens is 304 g/mol. The molecule has 6 nitrogen and oxygen atoms in total. The van der Waals surface area contributed by atoms with Crippen LogP contribution < -0.4 is 9.62 Å². The van der Waals surface area contributed by atoms with Gasteiger partial charge in [-0.2, -0.15) is 0 Å². The molecule has 0 saturated carbocycles. The van der Waals surface area contributed by atoms with Crippen molar-refractivity contribution in [2.24, 2.45) is 0 Å². The van der Waals surface area contributed by atoms with Crippen molar-refractivity contribution < 1.29 is 18.3 Å². The smallest absolute Gasteiger partial charge is 0.303 e. The lowest BCUT2D eigenvalue weighted by atomic mass is 10.3. The second-order valence-electron chi connectivity index (χ2n) is 4.48. The summed E-state index contributed by atoms with van der Waals surface area (Å²) >= 11 is 6.04. The van der Waals surface area contributed by atoms with Gasteiger partial charge in [-0.05, 0) is 24.6 Å². The van der Waals surface area contributed by atoms with Gasteiger partial charge < -0.3 is 10.0 Å². The van der Waals surface area contributed by atoms with Gasteiger partial charge in [0.1, 0.15) is 0 Å². The molecule has 0 heterocycles. The van der Waals surface area contributed by atoms with Crippen LogP contribution in [-0.2, 0) is 14.8 Å². The van der Waals surface area contributed by atoms with Gasteiger partial charge in [0.2, 0.25) is 10.0 Å². The first kappa shape index (κ1) is 16.6. The summed E-state index contributed by atoms with van der Waals surface area (Å²) in [5.41, 5.74) is 1.14. The van der Waals surface area contributed by atoms with Crippen LogP contribution in [0.25, 0.3) is 0 Å². The molecule has 20 heavy (non-hydrogen) atoms. The van der Waals surface area contributed by atoms with E-state index in [4.69, 9.17) is 16.7 Å². The number of nitrogens with zero attached hydrogens (tertiary/aromatic N) is 1. The first-order valence-corrected chi connectivity index (χ1v) is 7.93. The summed E-state index contributed by atoms with van der Waals surface area (Å²) in [6, 6.07) is 4.83. The third-order valence-corrected chi connectivity index (χ3v) is 4.18. The van der Waals surface area contributed by atoms with E-state index in [1.807, 2.05) is 19.0 Å². The van der Waals surface area contributed by atoms with Crippen LogP contribution in [0.1, 0.15) is 12.8 Å². The highest BCUT2D eigenvalue weighted by Gasteiger charge is 2.12. The second kappa shape index (κ2) is 6.81. The van der Waals surface area contributed by atoms with Crippen molar-refractivity contribution in [1.82, 2.24) is 0 Å². The molecule has 1 aromatic carbocycles. The number of benzene rings is 1. The fourth-order valence-electron chi connectivity index (χ4n) is 1.58. The first-order chi connectivity index (χ1) is 9.21. The monoisotopic (exact) mass is 320 g/mol. The van der Waals surface area contributed by atoms with E-state index < -0.39 is 16.0 Å². The largest absolute Gasteiger partial charge is 0.481 e. The van der Waals surface area contributed by atoms with Gasteiger partial charge in [0.15, 0.2) is 0 Å². The standard InChI is InChI=1S/C12H17ClN2O4S/c1-15(2)11-6-5-9(8-10(11)13)14-20(18,19)7-3-4-12(16)17/h5-6,8,14H,3-4,7H2,1-2H3,(H,16,17). The number of carbonyl (C=O) groups is 1. The number of hydrogen-bond acceptors (Lipinski definition) is 4. The predicted octanol–water partition coefficient (Wildman–Crippen LogP) is 2.01. The molecule has 2 N–H and O–H groups in total. The maximum absolute atomic E-state index is 11.8. The van der Waals surface area contributed by atoms with Crippen molar-refractivity contribution in [3.05, 3.63) is 23.2 Å². The zero-order valence-electron chi connectivity index (χ0n) is 11.3. The predicted molar refractivity (Wildman–Crippen MR) is 80.1 cm³/mol. The maximum atomic E-state index is 11.8. The van der Waals surface area contributed by atoms with Crippen LogP contribution in [0.3, 0.4) is 0 Å². The number of rotatable bonds is 7. The molecule has 0 aromatic heterocycles. The van der Waals surface area contributed by atoms with Gasteiger partial charge in [-0.15, -0.1) is 0 Å². The SMILES string of the molecule is CN(C)c1ccc(NS(=O)(=O)CCCC(=O)O)cc1Cl. The van der Waals surface area contributed by atoms with E-state index >= 15 is 0 Å². The van der Waals surface area contributed by atoms with Crippen molar-refractivity contribution in [1.29, 1.82) is 0 Å². The van der Waals surface area contributed by atoms with Gasteiger partial charge in [-0.25, -0.2) is 8.42 Å². The normalized spacial score (nSPS) is 11.2. The Balaban J connectivity index is 2.72. The number of nitrogens with one attached hydrogen (secondary N) is 1. The highest BCUT2D eigenvalue weighted by Crippen LogP contribution is 2.27. The zero-order valence-corrected chi connectivity index (χ0v) is 12.8. The summed E-state index contributed by atoms with van der Waals surface area (Å²) in [4.78, 5) is 12.2. The Kier molecular flexibility index (Phi) is 5.64. The number of aliphatic carboxylic acids is 1. The summed E-state index contributed by atoms with van der Waals surface area (Å²) in [6.07, 6.45) is -0.116. The molecule has 0 atom stereocenters. The average molecular weight is 321 g/mol. The lowest BCUT2D eigenvalue weighted by molar-refractivity contribution is -0.137. The van der Waals surface area contributed by atoms with Gasteiger partial charge in [0.05, 0.1) is 22.2 Å². The minimum atomic E-state index is -3.57. The van der Waals surface area contributed by atoms with Gasteiger partial charge in [0.25, 0.3) is 0 Å². The summed E-state index contributed by atoms with van der Waals surface area (Å²) in [6.45, 7) is 0. The summed E-state index contributed by atoms with van der Waals surface area (Å²) in [5, 5.41) is 8.91. The summed E-state index contributed by atoms with van der Waals surface area (Å²) in [5.74, 6) is -1.26. The summed E-state index contributed by atoms with van der Waals surface area (Å²) < 4.78 is 25.9. The molecule has 0 amide bonds. The minimum Gasteiger partial charge on any atom is -0.481 e. The van der Waals surface area contributed by atoms with Crippen LogP contribution in [0.5, 0.6) is 0 Å². The molecule has 0 spiro atoms. The van der Waals surface area contributed by atoms with E-state index in [2.05, 4.69) is 4.72 Å². The Morgan fingerprint density at radius 2 is 2.05 bits per heavy atom. The number of sulfonamides is 1. The molecule has 0 unspecified atom stereocenters. The maximum Gasteiger partial charge on any atom is 0.303 e. The fraction of sp³-hybridized carbons (Fsp3) is 0.417. The number of hydrogen-bond donors (Lipinski definition) is 2. The lowest BCUT2D eigenvalue weighted by Gasteiger charge is -2.15. The third kappa shape index (κ3) is 5.26. The fourth-order valence-corrected chi connectivity index (χ4v) is 3.04. The Hall–Kier alpha value is -1.47. The van der Waals surface area contributed by atoms with Gasteiger partial charge in [0, 0.05) is 20.5 Å². The van der Waals surface area contributed by atoms with Crippen molar-refractivity contribution in [2.45, 2.75) is 12.8 Å². The van der Waals surface area contributed by atoms with Gasteiger partial charge in [-0.3, -0.25) is 9.52 Å². The number of halogens is 1. The van der Waals surface area contributed by atoms with E-state index in [0.29, 0.717) is 10.7 Å². The molecular formula is C12H17ClN2O4S. The van der Waals surface area contributed by atoms with Crippen LogP contribution >= 0.6 is 11.6 Å². The molecule has 0 aliphatic rings. The van der Waals surface area contributed by atoms with Crippen molar-refractivity contribution in [2.75, 3.05) is 29.5 Å². The number of anilines is 2. The summed E-state index contributed by atoms with van der Waals surface area (Å²) in [7, 11) is 0.0949. The Morgan fingerprint density at radius 3 is 2.55 bits per heavy atom. The van der Waals surface area contributed by atoms with E-state index in [1.165, 1.54) is 6.07 Å². The zero-order chi connectivity index (χ0) is 15.3. The molecule has 1 rings (SSSR count). The molecule has 1 aromatic rings. The van der Waals surface area contributed by atoms with Crippen LogP contribution in [0.2, 0.25) is 5.02 Å². The minimum absolute atomic E-state index is 0.0637. The molecule has 8 heteroatoms. The molecule has 0 aliphatic carbocycles. The third-order valence-electron chi connectivity index (χ3n) is 2.51. The van der Waals surface area contributed by atoms with Crippen molar-refractivity contribution in [3.8, 4) is 0 Å².